The highest BCUT2D eigenvalue weighted by molar-refractivity contribution is 7.89. The van der Waals surface area contributed by atoms with Crippen molar-refractivity contribution in [3.05, 3.63) is 22.4 Å². The molecule has 1 saturated carbocycles. The van der Waals surface area contributed by atoms with Gasteiger partial charge in [0.2, 0.25) is 10.0 Å². The Kier molecular flexibility index (Phi) is 5.66. The van der Waals surface area contributed by atoms with Gasteiger partial charge in [0.1, 0.15) is 10.0 Å². The first kappa shape index (κ1) is 16.0. The van der Waals surface area contributed by atoms with E-state index in [0.29, 0.717) is 0 Å². The molecular formula is C13H18Cl2N2O2S. The van der Waals surface area contributed by atoms with E-state index in [4.69, 9.17) is 23.2 Å². The molecule has 1 aromatic rings. The van der Waals surface area contributed by atoms with E-state index in [1.54, 1.807) is 0 Å². The maximum atomic E-state index is 12.3. The zero-order valence-corrected chi connectivity index (χ0v) is 13.4. The summed E-state index contributed by atoms with van der Waals surface area (Å²) in [6.45, 7) is 0. The summed E-state index contributed by atoms with van der Waals surface area (Å²) < 4.78 is 27.4. The summed E-state index contributed by atoms with van der Waals surface area (Å²) in [5.41, 5.74) is 0. The maximum Gasteiger partial charge on any atom is 0.242 e. The summed E-state index contributed by atoms with van der Waals surface area (Å²) in [6.07, 6.45) is 8.72. The maximum absolute atomic E-state index is 12.3. The van der Waals surface area contributed by atoms with E-state index in [9.17, 15) is 8.42 Å². The molecule has 1 heterocycles. The summed E-state index contributed by atoms with van der Waals surface area (Å²) in [6, 6.07) is 1.33. The van der Waals surface area contributed by atoms with E-state index < -0.39 is 10.0 Å². The molecule has 0 radical (unpaired) electrons. The first-order chi connectivity index (χ1) is 9.49. The highest BCUT2D eigenvalue weighted by atomic mass is 35.5. The van der Waals surface area contributed by atoms with E-state index in [2.05, 4.69) is 9.71 Å². The van der Waals surface area contributed by atoms with Gasteiger partial charge in [-0.1, -0.05) is 55.3 Å². The molecule has 20 heavy (non-hydrogen) atoms. The zero-order valence-electron chi connectivity index (χ0n) is 11.1. The highest BCUT2D eigenvalue weighted by Gasteiger charge is 2.21. The summed E-state index contributed by atoms with van der Waals surface area (Å²) in [5.74, 6) is 0. The third-order valence-corrected chi connectivity index (χ3v) is 5.68. The molecule has 0 saturated heterocycles. The fraction of sp³-hybridized carbons (Fsp3) is 0.615. The normalized spacial score (nSPS) is 18.5. The van der Waals surface area contributed by atoms with Gasteiger partial charge in [-0.05, 0) is 18.9 Å². The van der Waals surface area contributed by atoms with E-state index in [1.165, 1.54) is 31.5 Å². The summed E-state index contributed by atoms with van der Waals surface area (Å²) in [4.78, 5) is 3.85. The van der Waals surface area contributed by atoms with Crippen LogP contribution in [0.15, 0.2) is 17.2 Å². The largest absolute Gasteiger partial charge is 0.242 e. The lowest BCUT2D eigenvalue weighted by atomic mass is 9.97. The molecule has 112 valence electrons. The van der Waals surface area contributed by atoms with Gasteiger partial charge in [0.15, 0.2) is 0 Å². The predicted octanol–water partition coefficient (Wildman–Crippen LogP) is 3.78. The molecule has 4 nitrogen and oxygen atoms in total. The van der Waals surface area contributed by atoms with E-state index in [1.807, 2.05) is 0 Å². The van der Waals surface area contributed by atoms with Crippen LogP contribution in [0.25, 0.3) is 0 Å². The van der Waals surface area contributed by atoms with Crippen molar-refractivity contribution < 1.29 is 8.42 Å². The molecule has 0 spiro atoms. The Hall–Kier alpha value is -0.360. The van der Waals surface area contributed by atoms with Crippen LogP contribution in [0, 0.1) is 0 Å². The second-order valence-electron chi connectivity index (χ2n) is 5.11. The van der Waals surface area contributed by atoms with Gasteiger partial charge in [-0.25, -0.2) is 18.1 Å². The molecule has 0 atom stereocenters. The van der Waals surface area contributed by atoms with E-state index >= 15 is 0 Å². The molecule has 1 aliphatic rings. The molecule has 0 amide bonds. The van der Waals surface area contributed by atoms with Gasteiger partial charge in [0, 0.05) is 12.2 Å². The van der Waals surface area contributed by atoms with Crippen LogP contribution in [0.5, 0.6) is 0 Å². The molecule has 0 bridgehead atoms. The van der Waals surface area contributed by atoms with Crippen LogP contribution in [0.2, 0.25) is 10.2 Å². The second kappa shape index (κ2) is 7.07. The molecule has 0 aliphatic heterocycles. The van der Waals surface area contributed by atoms with E-state index in [0.717, 1.165) is 25.7 Å². The van der Waals surface area contributed by atoms with Crippen molar-refractivity contribution in [3.63, 3.8) is 0 Å². The van der Waals surface area contributed by atoms with Crippen LogP contribution in [0.3, 0.4) is 0 Å². The van der Waals surface area contributed by atoms with Crippen molar-refractivity contribution in [2.75, 3.05) is 0 Å². The molecule has 1 N–H and O–H groups in total. The third kappa shape index (κ3) is 4.32. The standard InChI is InChI=1S/C13H18Cl2N2O2S/c14-12-8-11(9-16-13(12)15)20(18,19)17-10-6-4-2-1-3-5-7-10/h8-10,17H,1-7H2. The van der Waals surface area contributed by atoms with Crippen LogP contribution in [0.4, 0.5) is 0 Å². The van der Waals surface area contributed by atoms with Crippen molar-refractivity contribution >= 4 is 33.2 Å². The van der Waals surface area contributed by atoms with Crippen LogP contribution in [-0.2, 0) is 10.0 Å². The predicted molar refractivity (Wildman–Crippen MR) is 80.7 cm³/mol. The van der Waals surface area contributed by atoms with Crippen LogP contribution in [0.1, 0.15) is 44.9 Å². The Morgan fingerprint density at radius 2 is 1.70 bits per heavy atom. The van der Waals surface area contributed by atoms with Crippen molar-refractivity contribution in [2.24, 2.45) is 0 Å². The summed E-state index contributed by atoms with van der Waals surface area (Å²) >= 11 is 11.5. The zero-order chi connectivity index (χ0) is 14.6. The lowest BCUT2D eigenvalue weighted by Gasteiger charge is -2.20. The summed E-state index contributed by atoms with van der Waals surface area (Å²) in [5, 5.41) is 0.253. The molecular weight excluding hydrogens is 319 g/mol. The molecule has 0 aromatic carbocycles. The number of rotatable bonds is 3. The SMILES string of the molecule is O=S(=O)(NC1CCCCCCC1)c1cnc(Cl)c(Cl)c1. The van der Waals surface area contributed by atoms with Gasteiger partial charge in [-0.3, -0.25) is 0 Å². The smallest absolute Gasteiger partial charge is 0.242 e. The molecule has 1 fully saturated rings. The second-order valence-corrected chi connectivity index (χ2v) is 7.59. The molecule has 1 aliphatic carbocycles. The average Bonchev–Trinajstić information content (AvgIpc) is 2.35. The van der Waals surface area contributed by atoms with Gasteiger partial charge in [-0.15, -0.1) is 0 Å². The third-order valence-electron chi connectivity index (χ3n) is 3.51. The van der Waals surface area contributed by atoms with Crippen LogP contribution >= 0.6 is 23.2 Å². The molecule has 2 rings (SSSR count). The lowest BCUT2D eigenvalue weighted by molar-refractivity contribution is 0.426. The molecule has 1 aromatic heterocycles. The number of nitrogens with zero attached hydrogens (tertiary/aromatic N) is 1. The minimum absolute atomic E-state index is 0.00486. The molecule has 0 unspecified atom stereocenters. The monoisotopic (exact) mass is 336 g/mol. The number of hydrogen-bond donors (Lipinski definition) is 1. The van der Waals surface area contributed by atoms with E-state index in [-0.39, 0.29) is 21.1 Å². The lowest BCUT2D eigenvalue weighted by Crippen LogP contribution is -2.35. The van der Waals surface area contributed by atoms with Gasteiger partial charge < -0.3 is 0 Å². The average molecular weight is 337 g/mol. The first-order valence-corrected chi connectivity index (χ1v) is 9.06. The number of hydrogen-bond acceptors (Lipinski definition) is 3. The Labute approximate surface area is 129 Å². The minimum Gasteiger partial charge on any atom is -0.242 e. The topological polar surface area (TPSA) is 59.1 Å². The van der Waals surface area contributed by atoms with Crippen molar-refractivity contribution in [1.82, 2.24) is 9.71 Å². The van der Waals surface area contributed by atoms with Crippen molar-refractivity contribution in [2.45, 2.75) is 55.9 Å². The molecule has 7 heteroatoms. The Morgan fingerprint density at radius 1 is 1.10 bits per heavy atom. The van der Waals surface area contributed by atoms with Gasteiger partial charge in [-0.2, -0.15) is 0 Å². The number of halogens is 2. The first-order valence-electron chi connectivity index (χ1n) is 6.82. The Bertz CT molecular complexity index is 555. The van der Waals surface area contributed by atoms with Crippen LogP contribution in [-0.4, -0.2) is 19.4 Å². The van der Waals surface area contributed by atoms with Gasteiger partial charge in [0.05, 0.1) is 5.02 Å². The quantitative estimate of drug-likeness (QED) is 0.854. The van der Waals surface area contributed by atoms with Gasteiger partial charge in [0.25, 0.3) is 0 Å². The highest BCUT2D eigenvalue weighted by Crippen LogP contribution is 2.23. The fourth-order valence-electron chi connectivity index (χ4n) is 2.41. The fourth-order valence-corrected chi connectivity index (χ4v) is 4.02. The Balaban J connectivity index is 2.10. The van der Waals surface area contributed by atoms with Crippen molar-refractivity contribution in [1.29, 1.82) is 0 Å². The van der Waals surface area contributed by atoms with Crippen molar-refractivity contribution in [3.8, 4) is 0 Å². The Morgan fingerprint density at radius 3 is 2.30 bits per heavy atom. The number of pyridine rings is 1. The van der Waals surface area contributed by atoms with Crippen LogP contribution < -0.4 is 4.72 Å². The van der Waals surface area contributed by atoms with Gasteiger partial charge >= 0.3 is 0 Å². The number of nitrogens with one attached hydrogen (secondary N) is 1. The summed E-state index contributed by atoms with van der Waals surface area (Å²) in [7, 11) is -3.58. The number of aromatic nitrogens is 1. The minimum atomic E-state index is -3.58. The number of sulfonamides is 1.